The second-order valence-corrected chi connectivity index (χ2v) is 7.30. The topological polar surface area (TPSA) is 72.9 Å². The van der Waals surface area contributed by atoms with E-state index in [0.29, 0.717) is 18.0 Å². The lowest BCUT2D eigenvalue weighted by Gasteiger charge is -2.29. The van der Waals surface area contributed by atoms with Gasteiger partial charge in [0.2, 0.25) is 0 Å². The molecular formula is C17H21BrN4O. The summed E-state index contributed by atoms with van der Waals surface area (Å²) in [5.74, 6) is 0.375. The normalized spacial score (nSPS) is 16.9. The summed E-state index contributed by atoms with van der Waals surface area (Å²) < 4.78 is 2.75. The number of rotatable bonds is 5. The van der Waals surface area contributed by atoms with E-state index < -0.39 is 0 Å². The second-order valence-electron chi connectivity index (χ2n) is 6.39. The van der Waals surface area contributed by atoms with Crippen molar-refractivity contribution >= 4 is 21.8 Å². The second kappa shape index (κ2) is 6.09. The third kappa shape index (κ3) is 3.19. The van der Waals surface area contributed by atoms with Crippen LogP contribution in [-0.4, -0.2) is 27.8 Å². The number of nitrogens with zero attached hydrogens (tertiary/aromatic N) is 2. The average Bonchev–Trinajstić information content (AvgIpc) is 3.30. The Bertz CT molecular complexity index is 738. The summed E-state index contributed by atoms with van der Waals surface area (Å²) in [4.78, 5) is 12.7. The van der Waals surface area contributed by atoms with Gasteiger partial charge in [0.05, 0.1) is 28.7 Å². The zero-order chi connectivity index (χ0) is 16.6. The van der Waals surface area contributed by atoms with E-state index in [9.17, 15) is 4.79 Å². The Kier molecular flexibility index (Phi) is 4.29. The largest absolute Gasteiger partial charge is 0.345 e. The molecule has 0 saturated heterocycles. The summed E-state index contributed by atoms with van der Waals surface area (Å²) in [6.45, 7) is 4.37. The molecule has 0 spiro atoms. The lowest BCUT2D eigenvalue weighted by molar-refractivity contribution is 0.0897. The monoisotopic (exact) mass is 376 g/mol. The quantitative estimate of drug-likeness (QED) is 0.842. The number of carbonyl (C=O) groups is 1. The molecule has 1 aromatic carbocycles. The van der Waals surface area contributed by atoms with Crippen molar-refractivity contribution in [1.82, 2.24) is 15.1 Å². The Morgan fingerprint density at radius 3 is 2.87 bits per heavy atom. The first kappa shape index (κ1) is 16.2. The number of amides is 1. The van der Waals surface area contributed by atoms with Crippen LogP contribution in [-0.2, 0) is 0 Å². The minimum atomic E-state index is -0.332. The predicted octanol–water partition coefficient (Wildman–Crippen LogP) is 2.80. The Balaban J connectivity index is 1.85. The van der Waals surface area contributed by atoms with E-state index in [4.69, 9.17) is 5.73 Å². The molecule has 0 aliphatic heterocycles. The van der Waals surface area contributed by atoms with Crippen molar-refractivity contribution in [3.63, 3.8) is 0 Å². The molecular weight excluding hydrogens is 356 g/mol. The van der Waals surface area contributed by atoms with E-state index in [2.05, 4.69) is 26.3 Å². The van der Waals surface area contributed by atoms with E-state index in [1.165, 1.54) is 0 Å². The number of aromatic nitrogens is 2. The molecule has 1 atom stereocenters. The molecule has 1 amide bonds. The van der Waals surface area contributed by atoms with Crippen LogP contribution in [0, 0.1) is 12.8 Å². The summed E-state index contributed by atoms with van der Waals surface area (Å²) in [6, 6.07) is 7.83. The number of nitrogens with two attached hydrogens (primary N) is 1. The van der Waals surface area contributed by atoms with Crippen LogP contribution in [0.4, 0.5) is 0 Å². The molecule has 1 aliphatic rings. The van der Waals surface area contributed by atoms with Gasteiger partial charge in [0, 0.05) is 11.0 Å². The molecule has 1 unspecified atom stereocenters. The summed E-state index contributed by atoms with van der Waals surface area (Å²) in [7, 11) is 0. The number of hydrogen-bond donors (Lipinski definition) is 2. The van der Waals surface area contributed by atoms with Crippen LogP contribution in [0.2, 0.25) is 0 Å². The van der Waals surface area contributed by atoms with Gasteiger partial charge >= 0.3 is 0 Å². The van der Waals surface area contributed by atoms with Gasteiger partial charge in [-0.1, -0.05) is 22.0 Å². The highest BCUT2D eigenvalue weighted by Gasteiger charge is 2.41. The van der Waals surface area contributed by atoms with Gasteiger partial charge in [-0.2, -0.15) is 5.10 Å². The average molecular weight is 377 g/mol. The number of halogens is 1. The van der Waals surface area contributed by atoms with Gasteiger partial charge in [0.15, 0.2) is 0 Å². The summed E-state index contributed by atoms with van der Waals surface area (Å²) in [5, 5.41) is 7.48. The highest BCUT2D eigenvalue weighted by Crippen LogP contribution is 2.39. The molecule has 122 valence electrons. The van der Waals surface area contributed by atoms with Crippen molar-refractivity contribution in [3.8, 4) is 5.69 Å². The fourth-order valence-corrected chi connectivity index (χ4v) is 3.25. The van der Waals surface area contributed by atoms with E-state index in [0.717, 1.165) is 28.7 Å². The Morgan fingerprint density at radius 1 is 1.52 bits per heavy atom. The molecule has 0 bridgehead atoms. The number of nitrogens with one attached hydrogen (secondary N) is 1. The highest BCUT2D eigenvalue weighted by atomic mass is 79.9. The maximum atomic E-state index is 12.7. The van der Waals surface area contributed by atoms with Gasteiger partial charge in [-0.25, -0.2) is 4.68 Å². The number of hydrogen-bond acceptors (Lipinski definition) is 3. The zero-order valence-electron chi connectivity index (χ0n) is 13.3. The molecule has 1 fully saturated rings. The minimum Gasteiger partial charge on any atom is -0.345 e. The molecule has 6 heteroatoms. The van der Waals surface area contributed by atoms with Crippen molar-refractivity contribution in [2.75, 3.05) is 6.54 Å². The zero-order valence-corrected chi connectivity index (χ0v) is 14.9. The standard InChI is InChI=1S/C17H21BrN4O/c1-11-15(16(23)21-17(2,10-19)12-6-7-12)9-20-22(11)14-5-3-4-13(18)8-14/h3-5,8-9,12H,6-7,10,19H2,1-2H3,(H,21,23). The van der Waals surface area contributed by atoms with E-state index in [-0.39, 0.29) is 11.4 Å². The van der Waals surface area contributed by atoms with E-state index >= 15 is 0 Å². The molecule has 3 N–H and O–H groups in total. The molecule has 1 saturated carbocycles. The fourth-order valence-electron chi connectivity index (χ4n) is 2.87. The lowest BCUT2D eigenvalue weighted by Crippen LogP contribution is -2.53. The SMILES string of the molecule is Cc1c(C(=O)NC(C)(CN)C2CC2)cnn1-c1cccc(Br)c1. The van der Waals surface area contributed by atoms with Gasteiger partial charge in [-0.15, -0.1) is 0 Å². The van der Waals surface area contributed by atoms with Gasteiger partial charge in [0.25, 0.3) is 5.91 Å². The molecule has 1 aliphatic carbocycles. The summed E-state index contributed by atoms with van der Waals surface area (Å²) in [5.41, 5.74) is 7.87. The van der Waals surface area contributed by atoms with Crippen molar-refractivity contribution < 1.29 is 4.79 Å². The van der Waals surface area contributed by atoms with Crippen LogP contribution in [0.15, 0.2) is 34.9 Å². The molecule has 5 nitrogen and oxygen atoms in total. The molecule has 1 heterocycles. The molecule has 0 radical (unpaired) electrons. The van der Waals surface area contributed by atoms with Crippen LogP contribution in [0.3, 0.4) is 0 Å². The smallest absolute Gasteiger partial charge is 0.255 e. The van der Waals surface area contributed by atoms with Crippen molar-refractivity contribution in [2.24, 2.45) is 11.7 Å². The van der Waals surface area contributed by atoms with Gasteiger partial charge in [-0.3, -0.25) is 4.79 Å². The predicted molar refractivity (Wildman–Crippen MR) is 93.7 cm³/mol. The summed E-state index contributed by atoms with van der Waals surface area (Å²) >= 11 is 3.46. The number of benzene rings is 1. The third-order valence-corrected chi connectivity index (χ3v) is 5.10. The van der Waals surface area contributed by atoms with Crippen molar-refractivity contribution in [2.45, 2.75) is 32.2 Å². The Morgan fingerprint density at radius 2 is 2.26 bits per heavy atom. The molecule has 3 rings (SSSR count). The molecule has 1 aromatic heterocycles. The van der Waals surface area contributed by atoms with Crippen molar-refractivity contribution in [1.29, 1.82) is 0 Å². The first-order chi connectivity index (χ1) is 10.9. The van der Waals surface area contributed by atoms with Crippen molar-refractivity contribution in [3.05, 3.63) is 46.2 Å². The maximum Gasteiger partial charge on any atom is 0.255 e. The molecule has 2 aromatic rings. The van der Waals surface area contributed by atoms with Crippen LogP contribution in [0.5, 0.6) is 0 Å². The van der Waals surface area contributed by atoms with Crippen LogP contribution in [0.25, 0.3) is 5.69 Å². The van der Waals surface area contributed by atoms with Gasteiger partial charge in [-0.05, 0) is 50.8 Å². The Hall–Kier alpha value is -1.66. The van der Waals surface area contributed by atoms with Gasteiger partial charge < -0.3 is 11.1 Å². The molecule has 23 heavy (non-hydrogen) atoms. The maximum absolute atomic E-state index is 12.7. The summed E-state index contributed by atoms with van der Waals surface area (Å²) in [6.07, 6.45) is 3.88. The van der Waals surface area contributed by atoms with E-state index in [1.54, 1.807) is 10.9 Å². The van der Waals surface area contributed by atoms with Crippen LogP contribution in [0.1, 0.15) is 35.8 Å². The lowest BCUT2D eigenvalue weighted by atomic mass is 9.95. The minimum absolute atomic E-state index is 0.108. The van der Waals surface area contributed by atoms with Crippen LogP contribution < -0.4 is 11.1 Å². The first-order valence-corrected chi connectivity index (χ1v) is 8.57. The Labute approximate surface area is 144 Å². The highest BCUT2D eigenvalue weighted by molar-refractivity contribution is 9.10. The van der Waals surface area contributed by atoms with Crippen LogP contribution >= 0.6 is 15.9 Å². The third-order valence-electron chi connectivity index (χ3n) is 4.61. The number of carbonyl (C=O) groups excluding carboxylic acids is 1. The first-order valence-electron chi connectivity index (χ1n) is 7.78. The fraction of sp³-hybridized carbons (Fsp3) is 0.412. The van der Waals surface area contributed by atoms with E-state index in [1.807, 2.05) is 38.1 Å². The van der Waals surface area contributed by atoms with Gasteiger partial charge in [0.1, 0.15) is 0 Å².